The van der Waals surface area contributed by atoms with Crippen LogP contribution >= 0.6 is 0 Å². The Morgan fingerprint density at radius 1 is 1.41 bits per heavy atom. The van der Waals surface area contributed by atoms with Gasteiger partial charge in [-0.05, 0) is 19.1 Å². The van der Waals surface area contributed by atoms with Crippen molar-refractivity contribution in [3.63, 3.8) is 0 Å². The minimum absolute atomic E-state index is 0.0666. The van der Waals surface area contributed by atoms with E-state index in [9.17, 15) is 9.59 Å². The molecule has 5 nitrogen and oxygen atoms in total. The van der Waals surface area contributed by atoms with E-state index in [0.717, 1.165) is 5.69 Å². The monoisotopic (exact) mass is 236 g/mol. The van der Waals surface area contributed by atoms with Crippen LogP contribution in [0.3, 0.4) is 0 Å². The molecular formula is C12H16N2O3. The Kier molecular flexibility index (Phi) is 5.13. The minimum Gasteiger partial charge on any atom is -0.466 e. The van der Waals surface area contributed by atoms with Crippen molar-refractivity contribution in [3.05, 3.63) is 24.0 Å². The van der Waals surface area contributed by atoms with Crippen molar-refractivity contribution in [3.8, 4) is 0 Å². The molecule has 0 bridgehead atoms. The highest BCUT2D eigenvalue weighted by Crippen LogP contribution is 2.06. The zero-order valence-electron chi connectivity index (χ0n) is 10.0. The number of carbonyl (C=O) groups is 2. The molecule has 1 aromatic rings. The standard InChI is InChI=1S/C12H16N2O3/c1-3-17-12(16)6-7-13-10-4-5-11(9(2)15)14-8-10/h4-5,8,13H,3,6-7H2,1-2H3. The van der Waals surface area contributed by atoms with Crippen molar-refractivity contribution in [1.29, 1.82) is 0 Å². The lowest BCUT2D eigenvalue weighted by atomic mass is 10.2. The molecule has 0 atom stereocenters. The van der Waals surface area contributed by atoms with E-state index in [1.165, 1.54) is 6.92 Å². The van der Waals surface area contributed by atoms with Crippen LogP contribution in [-0.4, -0.2) is 29.9 Å². The van der Waals surface area contributed by atoms with Gasteiger partial charge in [-0.2, -0.15) is 0 Å². The Balaban J connectivity index is 2.37. The number of nitrogens with zero attached hydrogens (tertiary/aromatic N) is 1. The number of ketones is 1. The normalized spacial score (nSPS) is 9.76. The van der Waals surface area contributed by atoms with E-state index in [0.29, 0.717) is 25.3 Å². The molecule has 0 aliphatic carbocycles. The van der Waals surface area contributed by atoms with Gasteiger partial charge in [0.2, 0.25) is 0 Å². The molecule has 1 heterocycles. The number of ether oxygens (including phenoxy) is 1. The highest BCUT2D eigenvalue weighted by atomic mass is 16.5. The van der Waals surface area contributed by atoms with Gasteiger partial charge < -0.3 is 10.1 Å². The van der Waals surface area contributed by atoms with Crippen molar-refractivity contribution in [2.24, 2.45) is 0 Å². The lowest BCUT2D eigenvalue weighted by Gasteiger charge is -2.05. The average Bonchev–Trinajstić information content (AvgIpc) is 2.30. The second-order valence-electron chi connectivity index (χ2n) is 3.47. The summed E-state index contributed by atoms with van der Waals surface area (Å²) < 4.78 is 4.79. The number of esters is 1. The molecule has 5 heteroatoms. The van der Waals surface area contributed by atoms with Crippen LogP contribution in [0.4, 0.5) is 5.69 Å². The van der Waals surface area contributed by atoms with E-state index in [1.807, 2.05) is 0 Å². The van der Waals surface area contributed by atoms with Crippen LogP contribution in [-0.2, 0) is 9.53 Å². The van der Waals surface area contributed by atoms with Gasteiger partial charge >= 0.3 is 5.97 Å². The van der Waals surface area contributed by atoms with Crippen LogP contribution in [0.2, 0.25) is 0 Å². The van der Waals surface area contributed by atoms with Crippen LogP contribution in [0.15, 0.2) is 18.3 Å². The molecule has 0 aliphatic rings. The van der Waals surface area contributed by atoms with E-state index in [4.69, 9.17) is 4.74 Å². The third kappa shape index (κ3) is 4.63. The number of pyridine rings is 1. The fraction of sp³-hybridized carbons (Fsp3) is 0.417. The summed E-state index contributed by atoms with van der Waals surface area (Å²) >= 11 is 0. The summed E-state index contributed by atoms with van der Waals surface area (Å²) in [4.78, 5) is 26.0. The molecule has 0 saturated heterocycles. The maximum Gasteiger partial charge on any atom is 0.307 e. The Labute approximate surface area is 100 Å². The fourth-order valence-corrected chi connectivity index (χ4v) is 1.25. The van der Waals surface area contributed by atoms with Crippen molar-refractivity contribution >= 4 is 17.4 Å². The first-order valence-corrected chi connectivity index (χ1v) is 5.50. The molecule has 0 radical (unpaired) electrons. The smallest absolute Gasteiger partial charge is 0.307 e. The molecule has 1 N–H and O–H groups in total. The second kappa shape index (κ2) is 6.62. The van der Waals surface area contributed by atoms with E-state index >= 15 is 0 Å². The van der Waals surface area contributed by atoms with Gasteiger partial charge in [-0.3, -0.25) is 14.6 Å². The highest BCUT2D eigenvalue weighted by Gasteiger charge is 2.02. The third-order valence-electron chi connectivity index (χ3n) is 2.09. The molecule has 17 heavy (non-hydrogen) atoms. The van der Waals surface area contributed by atoms with Gasteiger partial charge in [0.05, 0.1) is 24.9 Å². The quantitative estimate of drug-likeness (QED) is 0.600. The average molecular weight is 236 g/mol. The molecular weight excluding hydrogens is 220 g/mol. The van der Waals surface area contributed by atoms with Gasteiger partial charge in [0.25, 0.3) is 0 Å². The summed E-state index contributed by atoms with van der Waals surface area (Å²) in [5, 5.41) is 3.03. The molecule has 0 fully saturated rings. The van der Waals surface area contributed by atoms with E-state index in [1.54, 1.807) is 25.3 Å². The molecule has 0 saturated carbocycles. The maximum atomic E-state index is 11.1. The first-order valence-electron chi connectivity index (χ1n) is 5.50. The Bertz CT molecular complexity index is 387. The van der Waals surface area contributed by atoms with E-state index in [2.05, 4.69) is 10.3 Å². The lowest BCUT2D eigenvalue weighted by Crippen LogP contribution is -2.11. The summed E-state index contributed by atoms with van der Waals surface area (Å²) in [6.45, 7) is 4.12. The molecule has 0 spiro atoms. The first kappa shape index (κ1) is 13.2. The molecule has 1 aromatic heterocycles. The van der Waals surface area contributed by atoms with Crippen molar-refractivity contribution < 1.29 is 14.3 Å². The Hall–Kier alpha value is -1.91. The number of hydrogen-bond acceptors (Lipinski definition) is 5. The largest absolute Gasteiger partial charge is 0.466 e. The third-order valence-corrected chi connectivity index (χ3v) is 2.09. The molecule has 0 aliphatic heterocycles. The molecule has 1 rings (SSSR count). The predicted octanol–water partition coefficient (Wildman–Crippen LogP) is 1.65. The zero-order valence-corrected chi connectivity index (χ0v) is 10.0. The van der Waals surface area contributed by atoms with Gasteiger partial charge in [-0.1, -0.05) is 0 Å². The number of carbonyl (C=O) groups excluding carboxylic acids is 2. The van der Waals surface area contributed by atoms with Crippen LogP contribution in [0.5, 0.6) is 0 Å². The topological polar surface area (TPSA) is 68.3 Å². The zero-order chi connectivity index (χ0) is 12.7. The van der Waals surface area contributed by atoms with Crippen molar-refractivity contribution in [2.75, 3.05) is 18.5 Å². The summed E-state index contributed by atoms with van der Waals surface area (Å²) in [6.07, 6.45) is 1.88. The Morgan fingerprint density at radius 2 is 2.18 bits per heavy atom. The minimum atomic E-state index is -0.228. The number of anilines is 1. The lowest BCUT2D eigenvalue weighted by molar-refractivity contribution is -0.142. The number of nitrogens with one attached hydrogen (secondary N) is 1. The summed E-state index contributed by atoms with van der Waals surface area (Å²) in [5.74, 6) is -0.295. The first-order chi connectivity index (χ1) is 8.13. The molecule has 0 aromatic carbocycles. The van der Waals surface area contributed by atoms with Crippen LogP contribution in [0.1, 0.15) is 30.8 Å². The highest BCUT2D eigenvalue weighted by molar-refractivity contribution is 5.92. The summed E-state index contributed by atoms with van der Waals surface area (Å²) in [7, 11) is 0. The van der Waals surface area contributed by atoms with E-state index < -0.39 is 0 Å². The molecule has 0 unspecified atom stereocenters. The van der Waals surface area contributed by atoms with Gasteiger partial charge in [-0.15, -0.1) is 0 Å². The fourth-order valence-electron chi connectivity index (χ4n) is 1.25. The van der Waals surface area contributed by atoms with Gasteiger partial charge in [-0.25, -0.2) is 0 Å². The SMILES string of the molecule is CCOC(=O)CCNc1ccc(C(C)=O)nc1. The van der Waals surface area contributed by atoms with Crippen LogP contribution in [0, 0.1) is 0 Å². The Morgan fingerprint density at radius 3 is 2.71 bits per heavy atom. The number of hydrogen-bond donors (Lipinski definition) is 1. The van der Waals surface area contributed by atoms with Gasteiger partial charge in [0.15, 0.2) is 5.78 Å². The van der Waals surface area contributed by atoms with Crippen molar-refractivity contribution in [2.45, 2.75) is 20.3 Å². The number of aromatic nitrogens is 1. The summed E-state index contributed by atoms with van der Waals surface area (Å²) in [6, 6.07) is 3.41. The van der Waals surface area contributed by atoms with Crippen molar-refractivity contribution in [1.82, 2.24) is 4.98 Å². The maximum absolute atomic E-state index is 11.1. The second-order valence-corrected chi connectivity index (χ2v) is 3.47. The van der Waals surface area contributed by atoms with Gasteiger partial charge in [0, 0.05) is 13.5 Å². The number of rotatable bonds is 6. The van der Waals surface area contributed by atoms with Crippen LogP contribution in [0.25, 0.3) is 0 Å². The predicted molar refractivity (Wildman–Crippen MR) is 64.0 cm³/mol. The van der Waals surface area contributed by atoms with Crippen LogP contribution < -0.4 is 5.32 Å². The summed E-state index contributed by atoms with van der Waals surface area (Å²) in [5.41, 5.74) is 1.21. The van der Waals surface area contributed by atoms with Gasteiger partial charge in [0.1, 0.15) is 5.69 Å². The molecule has 0 amide bonds. The van der Waals surface area contributed by atoms with E-state index in [-0.39, 0.29) is 11.8 Å². The number of Topliss-reactive ketones (excluding diaryl/α,β-unsaturated/α-hetero) is 1. The molecule has 92 valence electrons.